The Kier molecular flexibility index (Phi) is 3.86. The number of nitrogens with zero attached hydrogens (tertiary/aromatic N) is 1. The van der Waals surface area contributed by atoms with Crippen LogP contribution in [0.15, 0.2) is 59.6 Å². The topological polar surface area (TPSA) is 38.7 Å². The SMILES string of the molecule is COc1ccc(/N=C\C(=O)c2ccccc2)cc1. The van der Waals surface area contributed by atoms with Crippen molar-refractivity contribution in [2.24, 2.45) is 4.99 Å². The molecule has 2 rings (SSSR count). The molecule has 3 heteroatoms. The van der Waals surface area contributed by atoms with Crippen molar-refractivity contribution < 1.29 is 9.53 Å². The molecule has 3 nitrogen and oxygen atoms in total. The molecule has 2 aromatic carbocycles. The highest BCUT2D eigenvalue weighted by molar-refractivity contribution is 6.35. The third kappa shape index (κ3) is 3.04. The number of methoxy groups -OCH3 is 1. The number of aliphatic imine (C=N–C) groups is 1. The largest absolute Gasteiger partial charge is 0.497 e. The number of hydrogen-bond donors (Lipinski definition) is 0. The molecule has 0 aromatic heterocycles. The minimum absolute atomic E-state index is 0.105. The van der Waals surface area contributed by atoms with Gasteiger partial charge in [0.05, 0.1) is 19.0 Å². The molecule has 90 valence electrons. The van der Waals surface area contributed by atoms with Crippen LogP contribution in [0.1, 0.15) is 10.4 Å². The molecule has 0 aliphatic rings. The van der Waals surface area contributed by atoms with Crippen molar-refractivity contribution >= 4 is 17.7 Å². The lowest BCUT2D eigenvalue weighted by molar-refractivity contribution is 0.107. The lowest BCUT2D eigenvalue weighted by Crippen LogP contribution is -1.98. The van der Waals surface area contributed by atoms with E-state index in [1.54, 1.807) is 43.5 Å². The van der Waals surface area contributed by atoms with Crippen LogP contribution < -0.4 is 4.74 Å². The Morgan fingerprint density at radius 1 is 1.06 bits per heavy atom. The summed E-state index contributed by atoms with van der Waals surface area (Å²) in [6, 6.07) is 16.3. The fraction of sp³-hybridized carbons (Fsp3) is 0.0667. The molecular weight excluding hydrogens is 226 g/mol. The number of ketones is 1. The van der Waals surface area contributed by atoms with Crippen molar-refractivity contribution in [2.75, 3.05) is 7.11 Å². The number of carbonyl (C=O) groups excluding carboxylic acids is 1. The molecule has 0 aliphatic carbocycles. The van der Waals surface area contributed by atoms with Gasteiger partial charge < -0.3 is 4.74 Å². The fourth-order valence-corrected chi connectivity index (χ4v) is 1.48. The predicted octanol–water partition coefficient (Wildman–Crippen LogP) is 3.28. The Balaban J connectivity index is 2.08. The van der Waals surface area contributed by atoms with Crippen LogP contribution in [0.2, 0.25) is 0 Å². The molecule has 0 heterocycles. The Hall–Kier alpha value is -2.42. The summed E-state index contributed by atoms with van der Waals surface area (Å²) in [6.07, 6.45) is 1.33. The second-order valence-electron chi connectivity index (χ2n) is 3.69. The molecule has 2 aromatic rings. The average Bonchev–Trinajstić information content (AvgIpc) is 2.46. The van der Waals surface area contributed by atoms with Gasteiger partial charge >= 0.3 is 0 Å². The third-order valence-electron chi connectivity index (χ3n) is 2.46. The molecular formula is C15H13NO2. The monoisotopic (exact) mass is 239 g/mol. The lowest BCUT2D eigenvalue weighted by Gasteiger charge is -1.98. The molecule has 0 unspecified atom stereocenters. The summed E-state index contributed by atoms with van der Waals surface area (Å²) in [5.74, 6) is 0.662. The molecule has 0 spiro atoms. The van der Waals surface area contributed by atoms with Crippen molar-refractivity contribution in [3.63, 3.8) is 0 Å². The first-order valence-corrected chi connectivity index (χ1v) is 5.57. The average molecular weight is 239 g/mol. The van der Waals surface area contributed by atoms with Crippen molar-refractivity contribution in [3.8, 4) is 5.75 Å². The summed E-state index contributed by atoms with van der Waals surface area (Å²) in [4.78, 5) is 15.9. The first-order valence-electron chi connectivity index (χ1n) is 5.57. The van der Waals surface area contributed by atoms with E-state index in [2.05, 4.69) is 4.99 Å². The van der Waals surface area contributed by atoms with E-state index >= 15 is 0 Å². The summed E-state index contributed by atoms with van der Waals surface area (Å²) in [5.41, 5.74) is 1.36. The minimum atomic E-state index is -0.105. The zero-order valence-corrected chi connectivity index (χ0v) is 10.0. The molecule has 0 atom stereocenters. The van der Waals surface area contributed by atoms with Gasteiger partial charge in [0.25, 0.3) is 0 Å². The van der Waals surface area contributed by atoms with Gasteiger partial charge in [-0.1, -0.05) is 30.3 Å². The van der Waals surface area contributed by atoms with Crippen LogP contribution in [0.5, 0.6) is 5.75 Å². The highest BCUT2D eigenvalue weighted by atomic mass is 16.5. The maximum absolute atomic E-state index is 11.8. The van der Waals surface area contributed by atoms with Gasteiger partial charge in [-0.2, -0.15) is 0 Å². The van der Waals surface area contributed by atoms with Gasteiger partial charge in [0.15, 0.2) is 0 Å². The zero-order chi connectivity index (χ0) is 12.8. The summed E-state index contributed by atoms with van der Waals surface area (Å²) in [7, 11) is 1.61. The second-order valence-corrected chi connectivity index (χ2v) is 3.69. The van der Waals surface area contributed by atoms with E-state index in [1.165, 1.54) is 6.21 Å². The first-order chi connectivity index (χ1) is 8.79. The summed E-state index contributed by atoms with van der Waals surface area (Å²) < 4.78 is 5.05. The van der Waals surface area contributed by atoms with Crippen LogP contribution in [0.25, 0.3) is 0 Å². The van der Waals surface area contributed by atoms with Crippen LogP contribution in [-0.4, -0.2) is 19.1 Å². The smallest absolute Gasteiger partial charge is 0.204 e. The Morgan fingerprint density at radius 2 is 1.72 bits per heavy atom. The maximum atomic E-state index is 11.8. The molecule has 0 bridgehead atoms. The summed E-state index contributed by atoms with van der Waals surface area (Å²) in [5, 5.41) is 0. The first kappa shape index (κ1) is 12.0. The van der Waals surface area contributed by atoms with Gasteiger partial charge in [-0.15, -0.1) is 0 Å². The number of hydrogen-bond acceptors (Lipinski definition) is 3. The predicted molar refractivity (Wildman–Crippen MR) is 71.9 cm³/mol. The van der Waals surface area contributed by atoms with Crippen LogP contribution in [-0.2, 0) is 0 Å². The highest BCUT2D eigenvalue weighted by Gasteiger charge is 2.00. The standard InChI is InChI=1S/C15H13NO2/c1-18-14-9-7-13(8-10-14)16-11-15(17)12-5-3-2-4-6-12/h2-11H,1H3/b16-11-. The van der Waals surface area contributed by atoms with Crippen LogP contribution in [0.3, 0.4) is 0 Å². The van der Waals surface area contributed by atoms with Crippen molar-refractivity contribution in [2.45, 2.75) is 0 Å². The lowest BCUT2D eigenvalue weighted by atomic mass is 10.1. The van der Waals surface area contributed by atoms with Crippen molar-refractivity contribution in [1.82, 2.24) is 0 Å². The number of carbonyl (C=O) groups is 1. The van der Waals surface area contributed by atoms with E-state index < -0.39 is 0 Å². The second kappa shape index (κ2) is 5.77. The van der Waals surface area contributed by atoms with E-state index in [1.807, 2.05) is 18.2 Å². The number of Topliss-reactive ketones (excluding diaryl/α,β-unsaturated/α-hetero) is 1. The molecule has 0 N–H and O–H groups in total. The molecule has 0 fully saturated rings. The molecule has 18 heavy (non-hydrogen) atoms. The molecule has 0 saturated heterocycles. The number of ether oxygens (including phenoxy) is 1. The van der Waals surface area contributed by atoms with Gasteiger partial charge in [-0.25, -0.2) is 0 Å². The van der Waals surface area contributed by atoms with Crippen LogP contribution in [0.4, 0.5) is 5.69 Å². The Morgan fingerprint density at radius 3 is 2.33 bits per heavy atom. The summed E-state index contributed by atoms with van der Waals surface area (Å²) in [6.45, 7) is 0. The minimum Gasteiger partial charge on any atom is -0.497 e. The fourth-order valence-electron chi connectivity index (χ4n) is 1.48. The normalized spacial score (nSPS) is 10.5. The third-order valence-corrected chi connectivity index (χ3v) is 2.46. The van der Waals surface area contributed by atoms with E-state index in [9.17, 15) is 4.79 Å². The van der Waals surface area contributed by atoms with Crippen molar-refractivity contribution in [3.05, 3.63) is 60.2 Å². The highest BCUT2D eigenvalue weighted by Crippen LogP contribution is 2.17. The van der Waals surface area contributed by atoms with Crippen molar-refractivity contribution in [1.29, 1.82) is 0 Å². The Labute approximate surface area is 106 Å². The maximum Gasteiger partial charge on any atom is 0.204 e. The van der Waals surface area contributed by atoms with Gasteiger partial charge in [-0.3, -0.25) is 9.79 Å². The molecule has 0 radical (unpaired) electrons. The van der Waals surface area contributed by atoms with E-state index in [0.29, 0.717) is 5.56 Å². The van der Waals surface area contributed by atoms with Gasteiger partial charge in [0.2, 0.25) is 5.78 Å². The van der Waals surface area contributed by atoms with Crippen LogP contribution in [0, 0.1) is 0 Å². The number of rotatable bonds is 4. The summed E-state index contributed by atoms with van der Waals surface area (Å²) >= 11 is 0. The Bertz CT molecular complexity index is 544. The van der Waals surface area contributed by atoms with E-state index in [0.717, 1.165) is 11.4 Å². The van der Waals surface area contributed by atoms with Gasteiger partial charge in [-0.05, 0) is 24.3 Å². The van der Waals surface area contributed by atoms with E-state index in [-0.39, 0.29) is 5.78 Å². The quantitative estimate of drug-likeness (QED) is 0.606. The van der Waals surface area contributed by atoms with Gasteiger partial charge in [0, 0.05) is 5.56 Å². The van der Waals surface area contributed by atoms with Crippen LogP contribution >= 0.6 is 0 Å². The number of benzene rings is 2. The molecule has 0 saturated carbocycles. The molecule has 0 amide bonds. The zero-order valence-electron chi connectivity index (χ0n) is 10.0. The molecule has 0 aliphatic heterocycles. The van der Waals surface area contributed by atoms with Gasteiger partial charge in [0.1, 0.15) is 5.75 Å². The van der Waals surface area contributed by atoms with E-state index in [4.69, 9.17) is 4.74 Å².